The van der Waals surface area contributed by atoms with Gasteiger partial charge in [0.2, 0.25) is 0 Å². The van der Waals surface area contributed by atoms with Gasteiger partial charge in [-0.15, -0.1) is 0 Å². The second-order valence-corrected chi connectivity index (χ2v) is 3.15. The SMILES string of the molecule is [O]CCCN1CCCC(O)C1. The molecule has 0 aromatic rings. The molecular formula is C8H16NO2. The first-order chi connectivity index (χ1) is 5.33. The quantitative estimate of drug-likeness (QED) is 0.640. The summed E-state index contributed by atoms with van der Waals surface area (Å²) < 4.78 is 0. The molecule has 11 heavy (non-hydrogen) atoms. The smallest absolute Gasteiger partial charge is 0.0834 e. The normalized spacial score (nSPS) is 27.3. The Morgan fingerprint density at radius 1 is 1.55 bits per heavy atom. The summed E-state index contributed by atoms with van der Waals surface area (Å²) in [5.74, 6) is 0. The van der Waals surface area contributed by atoms with Gasteiger partial charge in [-0.3, -0.25) is 0 Å². The van der Waals surface area contributed by atoms with Crippen molar-refractivity contribution in [2.24, 2.45) is 0 Å². The van der Waals surface area contributed by atoms with Crippen LogP contribution in [0.1, 0.15) is 19.3 Å². The minimum Gasteiger partial charge on any atom is -0.392 e. The van der Waals surface area contributed by atoms with Crippen LogP contribution < -0.4 is 0 Å². The lowest BCUT2D eigenvalue weighted by Gasteiger charge is -2.29. The van der Waals surface area contributed by atoms with Crippen molar-refractivity contribution >= 4 is 0 Å². The average molecular weight is 158 g/mol. The molecule has 0 amide bonds. The number of aliphatic hydroxyl groups excluding tert-OH is 1. The Morgan fingerprint density at radius 2 is 2.36 bits per heavy atom. The van der Waals surface area contributed by atoms with Crippen LogP contribution in [0.25, 0.3) is 0 Å². The minimum atomic E-state index is -0.157. The van der Waals surface area contributed by atoms with E-state index in [4.69, 9.17) is 0 Å². The molecule has 1 N–H and O–H groups in total. The Kier molecular flexibility index (Phi) is 3.83. The van der Waals surface area contributed by atoms with Gasteiger partial charge in [0, 0.05) is 13.1 Å². The Morgan fingerprint density at radius 3 is 3.00 bits per heavy atom. The number of hydrogen-bond donors (Lipinski definition) is 1. The van der Waals surface area contributed by atoms with Crippen molar-refractivity contribution in [3.63, 3.8) is 0 Å². The maximum absolute atomic E-state index is 10.2. The zero-order chi connectivity index (χ0) is 8.10. The number of aliphatic hydroxyl groups is 1. The van der Waals surface area contributed by atoms with Gasteiger partial charge in [-0.25, -0.2) is 5.11 Å². The molecule has 1 atom stereocenters. The molecular weight excluding hydrogens is 142 g/mol. The molecule has 1 saturated heterocycles. The van der Waals surface area contributed by atoms with Crippen LogP contribution in [0.2, 0.25) is 0 Å². The number of β-amino-alcohol motifs (C(OH)–C–C–N with tert-alkyl or cyclic N) is 1. The number of hydrogen-bond acceptors (Lipinski definition) is 2. The third-order valence-corrected chi connectivity index (χ3v) is 2.10. The second-order valence-electron chi connectivity index (χ2n) is 3.15. The van der Waals surface area contributed by atoms with Gasteiger partial charge in [0.1, 0.15) is 0 Å². The van der Waals surface area contributed by atoms with Crippen molar-refractivity contribution in [1.82, 2.24) is 4.90 Å². The summed E-state index contributed by atoms with van der Waals surface area (Å²) in [5, 5.41) is 19.4. The van der Waals surface area contributed by atoms with E-state index >= 15 is 0 Å². The fraction of sp³-hybridized carbons (Fsp3) is 1.00. The molecule has 1 radical (unpaired) electrons. The van der Waals surface area contributed by atoms with E-state index in [9.17, 15) is 10.2 Å². The highest BCUT2D eigenvalue weighted by atomic mass is 16.3. The summed E-state index contributed by atoms with van der Waals surface area (Å²) in [6.45, 7) is 2.68. The number of piperidine rings is 1. The third kappa shape index (κ3) is 3.18. The van der Waals surface area contributed by atoms with Crippen molar-refractivity contribution < 1.29 is 10.2 Å². The largest absolute Gasteiger partial charge is 0.392 e. The summed E-state index contributed by atoms with van der Waals surface area (Å²) in [7, 11) is 0. The van der Waals surface area contributed by atoms with Crippen LogP contribution in [0.15, 0.2) is 0 Å². The van der Waals surface area contributed by atoms with E-state index in [1.165, 1.54) is 0 Å². The summed E-state index contributed by atoms with van der Waals surface area (Å²) in [5.41, 5.74) is 0. The Hall–Kier alpha value is -0.120. The van der Waals surface area contributed by atoms with Gasteiger partial charge in [-0.1, -0.05) is 0 Å². The van der Waals surface area contributed by atoms with Crippen LogP contribution in [0.4, 0.5) is 0 Å². The Balaban J connectivity index is 2.12. The van der Waals surface area contributed by atoms with E-state index in [-0.39, 0.29) is 12.7 Å². The van der Waals surface area contributed by atoms with Gasteiger partial charge in [-0.2, -0.15) is 0 Å². The predicted molar refractivity (Wildman–Crippen MR) is 41.9 cm³/mol. The second kappa shape index (κ2) is 4.70. The standard InChI is InChI=1S/C8H16NO2/c10-6-2-5-9-4-1-3-8(11)7-9/h8,11H,1-7H2. The lowest BCUT2D eigenvalue weighted by atomic mass is 10.1. The van der Waals surface area contributed by atoms with Crippen LogP contribution in [0, 0.1) is 0 Å². The molecule has 1 aliphatic rings. The zero-order valence-electron chi connectivity index (χ0n) is 6.83. The van der Waals surface area contributed by atoms with Crippen LogP contribution >= 0.6 is 0 Å². The molecule has 3 heteroatoms. The maximum atomic E-state index is 10.2. The first-order valence-corrected chi connectivity index (χ1v) is 4.31. The molecule has 1 aliphatic heterocycles. The van der Waals surface area contributed by atoms with Gasteiger partial charge in [0.15, 0.2) is 0 Å². The Labute approximate surface area is 67.6 Å². The van der Waals surface area contributed by atoms with E-state index in [0.717, 1.165) is 32.5 Å². The summed E-state index contributed by atoms with van der Waals surface area (Å²) >= 11 is 0. The molecule has 0 bridgehead atoms. The fourth-order valence-corrected chi connectivity index (χ4v) is 1.52. The summed E-state index contributed by atoms with van der Waals surface area (Å²) in [4.78, 5) is 2.17. The van der Waals surface area contributed by atoms with E-state index in [2.05, 4.69) is 4.90 Å². The lowest BCUT2D eigenvalue weighted by molar-refractivity contribution is 0.0640. The molecule has 0 aliphatic carbocycles. The molecule has 1 heterocycles. The van der Waals surface area contributed by atoms with Crippen LogP contribution in [0.5, 0.6) is 0 Å². The summed E-state index contributed by atoms with van der Waals surface area (Å²) in [6.07, 6.45) is 2.55. The van der Waals surface area contributed by atoms with Crippen molar-refractivity contribution in [1.29, 1.82) is 0 Å². The monoisotopic (exact) mass is 158 g/mol. The van der Waals surface area contributed by atoms with Gasteiger partial charge in [0.05, 0.1) is 12.7 Å². The highest BCUT2D eigenvalue weighted by Crippen LogP contribution is 2.09. The first-order valence-electron chi connectivity index (χ1n) is 4.31. The average Bonchev–Trinajstić information content (AvgIpc) is 2.01. The van der Waals surface area contributed by atoms with Gasteiger partial charge in [-0.05, 0) is 25.8 Å². The summed E-state index contributed by atoms with van der Waals surface area (Å²) in [6, 6.07) is 0. The van der Waals surface area contributed by atoms with E-state index < -0.39 is 0 Å². The van der Waals surface area contributed by atoms with Crippen molar-refractivity contribution in [3.8, 4) is 0 Å². The molecule has 0 spiro atoms. The molecule has 65 valence electrons. The first kappa shape index (κ1) is 8.97. The molecule has 1 rings (SSSR count). The van der Waals surface area contributed by atoms with Gasteiger partial charge in [0.25, 0.3) is 0 Å². The molecule has 0 aromatic heterocycles. The van der Waals surface area contributed by atoms with Gasteiger partial charge < -0.3 is 10.0 Å². The van der Waals surface area contributed by atoms with Crippen LogP contribution in [-0.4, -0.2) is 42.4 Å². The Bertz CT molecular complexity index is 108. The molecule has 0 saturated carbocycles. The van der Waals surface area contributed by atoms with Crippen molar-refractivity contribution in [2.45, 2.75) is 25.4 Å². The predicted octanol–water partition coefficient (Wildman–Crippen LogP) is 0.264. The topological polar surface area (TPSA) is 43.4 Å². The molecule has 1 fully saturated rings. The van der Waals surface area contributed by atoms with E-state index in [0.29, 0.717) is 6.42 Å². The van der Waals surface area contributed by atoms with Crippen molar-refractivity contribution in [2.75, 3.05) is 26.2 Å². The van der Waals surface area contributed by atoms with E-state index in [1.807, 2.05) is 0 Å². The highest BCUT2D eigenvalue weighted by molar-refractivity contribution is 4.71. The van der Waals surface area contributed by atoms with Crippen molar-refractivity contribution in [3.05, 3.63) is 0 Å². The lowest BCUT2D eigenvalue weighted by Crippen LogP contribution is -2.38. The molecule has 0 aromatic carbocycles. The minimum absolute atomic E-state index is 0.00654. The molecule has 3 nitrogen and oxygen atoms in total. The number of nitrogens with zero attached hydrogens (tertiary/aromatic N) is 1. The zero-order valence-corrected chi connectivity index (χ0v) is 6.83. The maximum Gasteiger partial charge on any atom is 0.0834 e. The van der Waals surface area contributed by atoms with E-state index in [1.54, 1.807) is 0 Å². The van der Waals surface area contributed by atoms with Crippen LogP contribution in [0.3, 0.4) is 0 Å². The molecule has 1 unspecified atom stereocenters. The highest BCUT2D eigenvalue weighted by Gasteiger charge is 2.16. The number of likely N-dealkylation sites (tertiary alicyclic amines) is 1. The fourth-order valence-electron chi connectivity index (χ4n) is 1.52. The van der Waals surface area contributed by atoms with Gasteiger partial charge >= 0.3 is 0 Å². The van der Waals surface area contributed by atoms with Crippen LogP contribution in [-0.2, 0) is 5.11 Å². The third-order valence-electron chi connectivity index (χ3n) is 2.10. The number of rotatable bonds is 3.